The molecule has 0 aliphatic carbocycles. The first kappa shape index (κ1) is 22.1. The van der Waals surface area contributed by atoms with Crippen LogP contribution in [-0.4, -0.2) is 45.2 Å². The third kappa shape index (κ3) is 5.88. The highest BCUT2D eigenvalue weighted by Crippen LogP contribution is 2.27. The van der Waals surface area contributed by atoms with Crippen molar-refractivity contribution in [3.05, 3.63) is 22.8 Å². The van der Waals surface area contributed by atoms with Crippen molar-refractivity contribution in [3.8, 4) is 0 Å². The molecule has 0 atom stereocenters. The number of rotatable bonds is 9. The van der Waals surface area contributed by atoms with E-state index in [0.717, 1.165) is 10.9 Å². The van der Waals surface area contributed by atoms with Crippen LogP contribution in [0.5, 0.6) is 0 Å². The molecule has 0 saturated carbocycles. The molecule has 28 heavy (non-hydrogen) atoms. The lowest BCUT2D eigenvalue weighted by Crippen LogP contribution is -2.26. The second kappa shape index (κ2) is 9.31. The average Bonchev–Trinajstić information content (AvgIpc) is 3.02. The summed E-state index contributed by atoms with van der Waals surface area (Å²) in [4.78, 5) is 19.6. The molecule has 7 nitrogen and oxygen atoms in total. The Morgan fingerprint density at radius 1 is 1.25 bits per heavy atom. The van der Waals surface area contributed by atoms with Crippen molar-refractivity contribution in [2.24, 2.45) is 5.92 Å². The van der Waals surface area contributed by atoms with Crippen LogP contribution in [0.1, 0.15) is 49.5 Å². The number of ether oxygens (including phenoxy) is 1. The van der Waals surface area contributed by atoms with Crippen molar-refractivity contribution in [3.63, 3.8) is 0 Å². The average molecular weight is 401 g/mol. The van der Waals surface area contributed by atoms with Crippen LogP contribution < -0.4 is 5.32 Å². The first-order valence-electron chi connectivity index (χ1n) is 9.24. The highest BCUT2D eigenvalue weighted by Gasteiger charge is 2.36. The normalized spacial score (nSPS) is 12.1. The monoisotopic (exact) mass is 401 g/mol. The van der Waals surface area contributed by atoms with Gasteiger partial charge in [-0.05, 0) is 38.2 Å². The Morgan fingerprint density at radius 3 is 2.61 bits per heavy atom. The molecule has 0 bridgehead atoms. The minimum Gasteiger partial charge on any atom is -0.381 e. The number of fused-ring (bicyclic) bond motifs is 1. The van der Waals surface area contributed by atoms with E-state index in [9.17, 15) is 18.0 Å². The predicted molar refractivity (Wildman–Crippen MR) is 96.9 cm³/mol. The van der Waals surface area contributed by atoms with Gasteiger partial charge in [0.2, 0.25) is 5.91 Å². The van der Waals surface area contributed by atoms with Crippen molar-refractivity contribution in [1.29, 1.82) is 0 Å². The summed E-state index contributed by atoms with van der Waals surface area (Å²) in [5, 5.41) is 6.32. The molecule has 10 heteroatoms. The van der Waals surface area contributed by atoms with Gasteiger partial charge >= 0.3 is 6.18 Å². The molecular weight excluding hydrogens is 375 g/mol. The number of carbonyl (C=O) groups excluding carboxylic acids is 1. The second-order valence-corrected chi connectivity index (χ2v) is 7.08. The summed E-state index contributed by atoms with van der Waals surface area (Å²) >= 11 is 0. The Labute approximate surface area is 161 Å². The van der Waals surface area contributed by atoms with E-state index in [1.165, 1.54) is 0 Å². The molecule has 0 unspecified atom stereocenters. The van der Waals surface area contributed by atoms with Crippen LogP contribution in [0.3, 0.4) is 0 Å². The molecule has 0 aromatic carbocycles. The number of hydrogen-bond donors (Lipinski definition) is 1. The van der Waals surface area contributed by atoms with E-state index in [1.807, 2.05) is 0 Å². The largest absolute Gasteiger partial charge is 0.453 e. The summed E-state index contributed by atoms with van der Waals surface area (Å²) in [5.74, 6) is -0.976. The van der Waals surface area contributed by atoms with Crippen molar-refractivity contribution in [1.82, 2.24) is 24.9 Å². The van der Waals surface area contributed by atoms with Crippen LogP contribution in [0.2, 0.25) is 0 Å². The van der Waals surface area contributed by atoms with Gasteiger partial charge in [0, 0.05) is 37.6 Å². The number of alkyl halides is 3. The number of halogens is 3. The molecule has 2 heterocycles. The van der Waals surface area contributed by atoms with Crippen LogP contribution >= 0.6 is 0 Å². The molecule has 0 aliphatic rings. The fourth-order valence-corrected chi connectivity index (χ4v) is 2.74. The standard InChI is InChI=1S/C18H26F3N5O2/c1-11(2)10-28-9-5-8-22-15(27)7-6-14-12(3)23-17-24-16(18(19,20)21)25-26(17)13(14)4/h11H,5-10H2,1-4H3,(H,22,27). The smallest absolute Gasteiger partial charge is 0.381 e. The molecule has 2 aromatic rings. The highest BCUT2D eigenvalue weighted by molar-refractivity contribution is 5.76. The maximum absolute atomic E-state index is 12.8. The number of aryl methyl sites for hydroxylation is 2. The zero-order chi connectivity index (χ0) is 20.9. The van der Waals surface area contributed by atoms with Gasteiger partial charge < -0.3 is 10.1 Å². The quantitative estimate of drug-likeness (QED) is 0.654. The lowest BCUT2D eigenvalue weighted by atomic mass is 10.1. The third-order valence-corrected chi connectivity index (χ3v) is 4.14. The van der Waals surface area contributed by atoms with Gasteiger partial charge in [0.05, 0.1) is 0 Å². The first-order valence-corrected chi connectivity index (χ1v) is 9.24. The molecule has 156 valence electrons. The second-order valence-electron chi connectivity index (χ2n) is 7.08. The van der Waals surface area contributed by atoms with Gasteiger partial charge in [-0.25, -0.2) is 9.50 Å². The van der Waals surface area contributed by atoms with Crippen LogP contribution in [-0.2, 0) is 22.1 Å². The van der Waals surface area contributed by atoms with E-state index in [-0.39, 0.29) is 18.1 Å². The van der Waals surface area contributed by atoms with Crippen LogP contribution in [0.15, 0.2) is 0 Å². The molecule has 2 aromatic heterocycles. The van der Waals surface area contributed by atoms with Gasteiger partial charge in [0.1, 0.15) is 0 Å². The number of carbonyl (C=O) groups is 1. The minimum atomic E-state index is -4.63. The Morgan fingerprint density at radius 2 is 1.96 bits per heavy atom. The van der Waals surface area contributed by atoms with Crippen LogP contribution in [0.25, 0.3) is 5.78 Å². The number of amides is 1. The van der Waals surface area contributed by atoms with E-state index in [4.69, 9.17) is 4.74 Å². The van der Waals surface area contributed by atoms with Gasteiger partial charge in [-0.2, -0.15) is 18.2 Å². The van der Waals surface area contributed by atoms with Gasteiger partial charge in [-0.3, -0.25) is 4.79 Å². The Hall–Kier alpha value is -2.23. The molecule has 2 rings (SSSR count). The number of nitrogens with zero attached hydrogens (tertiary/aromatic N) is 4. The molecule has 0 radical (unpaired) electrons. The number of nitrogens with one attached hydrogen (secondary N) is 1. The first-order chi connectivity index (χ1) is 13.1. The summed E-state index contributed by atoms with van der Waals surface area (Å²) in [6, 6.07) is 0. The zero-order valence-electron chi connectivity index (χ0n) is 16.6. The molecule has 0 aliphatic heterocycles. The predicted octanol–water partition coefficient (Wildman–Crippen LogP) is 2.87. The van der Waals surface area contributed by atoms with E-state index >= 15 is 0 Å². The van der Waals surface area contributed by atoms with Crippen molar-refractivity contribution >= 4 is 11.7 Å². The summed E-state index contributed by atoms with van der Waals surface area (Å²) in [6.07, 6.45) is -3.34. The Balaban J connectivity index is 1.92. The highest BCUT2D eigenvalue weighted by atomic mass is 19.4. The number of hydrogen-bond acceptors (Lipinski definition) is 5. The van der Waals surface area contributed by atoms with Gasteiger partial charge in [-0.15, -0.1) is 5.10 Å². The lowest BCUT2D eigenvalue weighted by Gasteiger charge is -2.11. The molecule has 1 amide bonds. The van der Waals surface area contributed by atoms with Crippen molar-refractivity contribution in [2.75, 3.05) is 19.8 Å². The maximum Gasteiger partial charge on any atom is 0.453 e. The SMILES string of the molecule is Cc1nc2nc(C(F)(F)F)nn2c(C)c1CCC(=O)NCCCOCC(C)C. The Bertz CT molecular complexity index is 818. The molecule has 0 spiro atoms. The van der Waals surface area contributed by atoms with Crippen LogP contribution in [0, 0.1) is 19.8 Å². The van der Waals surface area contributed by atoms with Gasteiger partial charge in [0.25, 0.3) is 11.6 Å². The third-order valence-electron chi connectivity index (χ3n) is 4.14. The van der Waals surface area contributed by atoms with E-state index in [0.29, 0.717) is 49.0 Å². The zero-order valence-corrected chi connectivity index (χ0v) is 16.6. The molecule has 0 saturated heterocycles. The fraction of sp³-hybridized carbons (Fsp3) is 0.667. The fourth-order valence-electron chi connectivity index (χ4n) is 2.74. The van der Waals surface area contributed by atoms with Gasteiger partial charge in [0.15, 0.2) is 0 Å². The molecule has 0 fully saturated rings. The summed E-state index contributed by atoms with van der Waals surface area (Å²) < 4.78 is 45.0. The van der Waals surface area contributed by atoms with Crippen LogP contribution in [0.4, 0.5) is 13.2 Å². The maximum atomic E-state index is 12.8. The van der Waals surface area contributed by atoms with Crippen molar-refractivity contribution < 1.29 is 22.7 Å². The topological polar surface area (TPSA) is 81.4 Å². The van der Waals surface area contributed by atoms with E-state index < -0.39 is 12.0 Å². The lowest BCUT2D eigenvalue weighted by molar-refractivity contribution is -0.144. The molecule has 1 N–H and O–H groups in total. The van der Waals surface area contributed by atoms with Crippen molar-refractivity contribution in [2.45, 2.75) is 53.1 Å². The van der Waals surface area contributed by atoms with Gasteiger partial charge in [-0.1, -0.05) is 13.8 Å². The number of aromatic nitrogens is 4. The minimum absolute atomic E-state index is 0.100. The summed E-state index contributed by atoms with van der Waals surface area (Å²) in [5.41, 5.74) is 1.74. The van der Waals surface area contributed by atoms with E-state index in [1.54, 1.807) is 13.8 Å². The Kier molecular flexibility index (Phi) is 7.34. The summed E-state index contributed by atoms with van der Waals surface area (Å²) in [6.45, 7) is 9.28. The summed E-state index contributed by atoms with van der Waals surface area (Å²) in [7, 11) is 0. The van der Waals surface area contributed by atoms with E-state index in [2.05, 4.69) is 34.2 Å². The molecular formula is C18H26F3N5O2.